The van der Waals surface area contributed by atoms with Gasteiger partial charge in [-0.25, -0.2) is 4.79 Å². The molecule has 0 saturated heterocycles. The molecule has 1 N–H and O–H groups in total. The van der Waals surface area contributed by atoms with Crippen LogP contribution in [0, 0.1) is 0 Å². The minimum Gasteiger partial charge on any atom is -0.487 e. The maximum Gasteiger partial charge on any atom is 0.339 e. The molecule has 0 unspecified atom stereocenters. The van der Waals surface area contributed by atoms with Crippen LogP contribution in [0.25, 0.3) is 0 Å². The molecule has 0 aliphatic carbocycles. The SMILES string of the molecule is CCN(c1ccc(OC(C)C)c(OC(C)C)c1)c1ccncc1C(=O)O. The number of nitrogens with zero attached hydrogens (tertiary/aromatic N) is 2. The zero-order chi connectivity index (χ0) is 19.3. The van der Waals surface area contributed by atoms with E-state index in [1.54, 1.807) is 12.3 Å². The van der Waals surface area contributed by atoms with E-state index in [-0.39, 0.29) is 17.8 Å². The summed E-state index contributed by atoms with van der Waals surface area (Å²) in [5.41, 5.74) is 1.57. The zero-order valence-corrected chi connectivity index (χ0v) is 15.9. The number of hydrogen-bond acceptors (Lipinski definition) is 5. The molecular weight excluding hydrogens is 332 g/mol. The number of rotatable bonds is 8. The number of aromatic nitrogens is 1. The molecule has 2 rings (SSSR count). The highest BCUT2D eigenvalue weighted by Gasteiger charge is 2.19. The van der Waals surface area contributed by atoms with Gasteiger partial charge in [0.05, 0.1) is 17.9 Å². The van der Waals surface area contributed by atoms with Gasteiger partial charge in [0, 0.05) is 30.7 Å². The smallest absolute Gasteiger partial charge is 0.339 e. The summed E-state index contributed by atoms with van der Waals surface area (Å²) in [4.78, 5) is 17.4. The summed E-state index contributed by atoms with van der Waals surface area (Å²) in [5.74, 6) is 0.294. The number of benzene rings is 1. The Balaban J connectivity index is 2.50. The molecule has 0 radical (unpaired) electrons. The number of ether oxygens (including phenoxy) is 2. The van der Waals surface area contributed by atoms with Gasteiger partial charge in [-0.2, -0.15) is 0 Å². The van der Waals surface area contributed by atoms with Crippen LogP contribution in [0.3, 0.4) is 0 Å². The monoisotopic (exact) mass is 358 g/mol. The summed E-state index contributed by atoms with van der Waals surface area (Å²) in [6, 6.07) is 7.35. The predicted octanol–water partition coefficient (Wildman–Crippen LogP) is 4.51. The maximum absolute atomic E-state index is 11.5. The molecule has 1 aromatic carbocycles. The number of anilines is 2. The van der Waals surface area contributed by atoms with Gasteiger partial charge in [-0.1, -0.05) is 0 Å². The first-order chi connectivity index (χ1) is 12.3. The quantitative estimate of drug-likeness (QED) is 0.748. The fourth-order valence-electron chi connectivity index (χ4n) is 2.64. The molecule has 0 fully saturated rings. The standard InChI is InChI=1S/C20H26N2O4/c1-6-22(17-9-10-21-12-16(17)20(23)24)15-7-8-18(25-13(2)3)19(11-15)26-14(4)5/h7-14H,6H2,1-5H3,(H,23,24). The van der Waals surface area contributed by atoms with Crippen LogP contribution in [0.2, 0.25) is 0 Å². The highest BCUT2D eigenvalue weighted by atomic mass is 16.5. The first-order valence-electron chi connectivity index (χ1n) is 8.75. The van der Waals surface area contributed by atoms with E-state index >= 15 is 0 Å². The van der Waals surface area contributed by atoms with Crippen molar-refractivity contribution in [2.45, 2.75) is 46.8 Å². The van der Waals surface area contributed by atoms with Crippen molar-refractivity contribution in [2.75, 3.05) is 11.4 Å². The lowest BCUT2D eigenvalue weighted by molar-refractivity contribution is 0.0697. The Morgan fingerprint density at radius 3 is 2.35 bits per heavy atom. The predicted molar refractivity (Wildman–Crippen MR) is 102 cm³/mol. The Morgan fingerprint density at radius 1 is 1.12 bits per heavy atom. The minimum atomic E-state index is -1.01. The first kappa shape index (κ1) is 19.6. The maximum atomic E-state index is 11.5. The lowest BCUT2D eigenvalue weighted by Gasteiger charge is -2.26. The number of carboxylic acids is 1. The van der Waals surface area contributed by atoms with E-state index in [4.69, 9.17) is 9.47 Å². The Hall–Kier alpha value is -2.76. The molecule has 0 bridgehead atoms. The van der Waals surface area contributed by atoms with Gasteiger partial charge >= 0.3 is 5.97 Å². The Kier molecular flexibility index (Phi) is 6.44. The molecule has 0 spiro atoms. The number of carbonyl (C=O) groups is 1. The molecule has 1 heterocycles. The average molecular weight is 358 g/mol. The van der Waals surface area contributed by atoms with Crippen LogP contribution in [-0.4, -0.2) is 34.8 Å². The molecule has 2 aromatic rings. The normalized spacial score (nSPS) is 10.9. The van der Waals surface area contributed by atoms with E-state index in [0.29, 0.717) is 23.7 Å². The number of hydrogen-bond donors (Lipinski definition) is 1. The zero-order valence-electron chi connectivity index (χ0n) is 15.9. The number of aromatic carboxylic acids is 1. The second-order valence-electron chi connectivity index (χ2n) is 6.41. The van der Waals surface area contributed by atoms with Gasteiger partial charge in [0.2, 0.25) is 0 Å². The highest BCUT2D eigenvalue weighted by molar-refractivity contribution is 5.95. The van der Waals surface area contributed by atoms with Crippen LogP contribution in [-0.2, 0) is 0 Å². The summed E-state index contributed by atoms with van der Waals surface area (Å²) in [5, 5.41) is 9.46. The third-order valence-electron chi connectivity index (χ3n) is 3.60. The lowest BCUT2D eigenvalue weighted by atomic mass is 10.1. The average Bonchev–Trinajstić information content (AvgIpc) is 2.57. The van der Waals surface area contributed by atoms with Gasteiger partial charge in [0.15, 0.2) is 11.5 Å². The van der Waals surface area contributed by atoms with Gasteiger partial charge < -0.3 is 19.5 Å². The fourth-order valence-corrected chi connectivity index (χ4v) is 2.64. The van der Waals surface area contributed by atoms with Crippen LogP contribution in [0.15, 0.2) is 36.7 Å². The third kappa shape index (κ3) is 4.65. The summed E-state index contributed by atoms with van der Waals surface area (Å²) < 4.78 is 11.7. The van der Waals surface area contributed by atoms with E-state index in [9.17, 15) is 9.90 Å². The van der Waals surface area contributed by atoms with Gasteiger partial charge in [-0.05, 0) is 52.8 Å². The van der Waals surface area contributed by atoms with Gasteiger partial charge in [-0.15, -0.1) is 0 Å². The molecule has 0 aliphatic rings. The topological polar surface area (TPSA) is 71.9 Å². The lowest BCUT2D eigenvalue weighted by Crippen LogP contribution is -2.20. The van der Waals surface area contributed by atoms with Gasteiger partial charge in [0.1, 0.15) is 5.56 Å². The van der Waals surface area contributed by atoms with E-state index in [1.807, 2.05) is 57.7 Å². The van der Waals surface area contributed by atoms with Crippen molar-refractivity contribution in [3.63, 3.8) is 0 Å². The second kappa shape index (κ2) is 8.56. The van der Waals surface area contributed by atoms with E-state index in [0.717, 1.165) is 5.69 Å². The fraction of sp³-hybridized carbons (Fsp3) is 0.400. The third-order valence-corrected chi connectivity index (χ3v) is 3.60. The molecule has 6 heteroatoms. The summed E-state index contributed by atoms with van der Waals surface area (Å²) in [7, 11) is 0. The summed E-state index contributed by atoms with van der Waals surface area (Å²) >= 11 is 0. The van der Waals surface area contributed by atoms with Crippen molar-refractivity contribution in [1.82, 2.24) is 4.98 Å². The van der Waals surface area contributed by atoms with Crippen LogP contribution in [0.4, 0.5) is 11.4 Å². The Morgan fingerprint density at radius 2 is 1.77 bits per heavy atom. The van der Waals surface area contributed by atoms with Crippen LogP contribution in [0.5, 0.6) is 11.5 Å². The molecule has 26 heavy (non-hydrogen) atoms. The number of carboxylic acid groups (broad SMARTS) is 1. The molecule has 6 nitrogen and oxygen atoms in total. The van der Waals surface area contributed by atoms with Crippen LogP contribution in [0.1, 0.15) is 45.0 Å². The van der Waals surface area contributed by atoms with Crippen molar-refractivity contribution in [3.05, 3.63) is 42.2 Å². The Bertz CT molecular complexity index is 759. The van der Waals surface area contributed by atoms with Crippen molar-refractivity contribution in [1.29, 1.82) is 0 Å². The molecule has 140 valence electrons. The highest BCUT2D eigenvalue weighted by Crippen LogP contribution is 2.36. The van der Waals surface area contributed by atoms with Gasteiger partial charge in [-0.3, -0.25) is 4.98 Å². The molecule has 0 atom stereocenters. The van der Waals surface area contributed by atoms with E-state index in [2.05, 4.69) is 4.98 Å². The van der Waals surface area contributed by atoms with Crippen molar-refractivity contribution in [2.24, 2.45) is 0 Å². The van der Waals surface area contributed by atoms with E-state index < -0.39 is 5.97 Å². The van der Waals surface area contributed by atoms with Crippen molar-refractivity contribution < 1.29 is 19.4 Å². The van der Waals surface area contributed by atoms with Gasteiger partial charge in [0.25, 0.3) is 0 Å². The minimum absolute atomic E-state index is 0.00894. The van der Waals surface area contributed by atoms with Crippen LogP contribution >= 0.6 is 0 Å². The van der Waals surface area contributed by atoms with E-state index in [1.165, 1.54) is 6.20 Å². The molecule has 0 saturated carbocycles. The summed E-state index contributed by atoms with van der Waals surface area (Å²) in [6.45, 7) is 10.4. The number of pyridine rings is 1. The molecular formula is C20H26N2O4. The molecule has 1 aromatic heterocycles. The largest absolute Gasteiger partial charge is 0.487 e. The first-order valence-corrected chi connectivity index (χ1v) is 8.75. The van der Waals surface area contributed by atoms with Crippen LogP contribution < -0.4 is 14.4 Å². The van der Waals surface area contributed by atoms with Crippen molar-refractivity contribution in [3.8, 4) is 11.5 Å². The molecule has 0 amide bonds. The van der Waals surface area contributed by atoms with Crippen molar-refractivity contribution >= 4 is 17.3 Å². The molecule has 0 aliphatic heterocycles. The Labute approximate surface area is 154 Å². The summed E-state index contributed by atoms with van der Waals surface area (Å²) in [6.07, 6.45) is 2.97. The second-order valence-corrected chi connectivity index (χ2v) is 6.41.